The van der Waals surface area contributed by atoms with Crippen LogP contribution in [-0.2, 0) is 16.0 Å². The molecule has 3 rings (SSSR count). The Morgan fingerprint density at radius 1 is 1.17 bits per heavy atom. The molecular formula is C20H22N2O2. The van der Waals surface area contributed by atoms with E-state index in [4.69, 9.17) is 0 Å². The number of benzene rings is 2. The van der Waals surface area contributed by atoms with Crippen molar-refractivity contribution in [2.24, 2.45) is 0 Å². The summed E-state index contributed by atoms with van der Waals surface area (Å²) in [5.41, 5.74) is 3.12. The molecule has 0 spiro atoms. The van der Waals surface area contributed by atoms with Crippen molar-refractivity contribution in [3.8, 4) is 0 Å². The zero-order chi connectivity index (χ0) is 16.9. The van der Waals surface area contributed by atoms with Gasteiger partial charge < -0.3 is 10.2 Å². The average molecular weight is 322 g/mol. The molecule has 4 nitrogen and oxygen atoms in total. The minimum atomic E-state index is -0.148. The van der Waals surface area contributed by atoms with Gasteiger partial charge in [0, 0.05) is 24.6 Å². The second-order valence-corrected chi connectivity index (χ2v) is 6.19. The molecule has 0 bridgehead atoms. The summed E-state index contributed by atoms with van der Waals surface area (Å²) in [4.78, 5) is 26.1. The molecule has 2 aromatic carbocycles. The van der Waals surface area contributed by atoms with E-state index in [1.807, 2.05) is 54.6 Å². The second-order valence-electron chi connectivity index (χ2n) is 6.19. The summed E-state index contributed by atoms with van der Waals surface area (Å²) in [6.45, 7) is 2.79. The Bertz CT molecular complexity index is 727. The molecule has 0 aromatic heterocycles. The molecule has 1 unspecified atom stereocenters. The van der Waals surface area contributed by atoms with Crippen molar-refractivity contribution in [3.63, 3.8) is 0 Å². The van der Waals surface area contributed by atoms with Gasteiger partial charge in [-0.3, -0.25) is 9.59 Å². The molecule has 1 aliphatic heterocycles. The summed E-state index contributed by atoms with van der Waals surface area (Å²) in [5.74, 6) is 0.0709. The standard InChI is InChI=1S/C20H22N2O2/c1-2-15-7-6-10-18(11-15)21-19(23)14-22-13-17(12-20(22)24)16-8-4-3-5-9-16/h3-11,17H,2,12-14H2,1H3,(H,21,23). The molecule has 0 radical (unpaired) electrons. The topological polar surface area (TPSA) is 49.4 Å². The molecule has 4 heteroatoms. The van der Waals surface area contributed by atoms with Crippen LogP contribution in [0.3, 0.4) is 0 Å². The number of amides is 2. The van der Waals surface area contributed by atoms with E-state index in [1.165, 1.54) is 5.56 Å². The highest BCUT2D eigenvalue weighted by atomic mass is 16.2. The fraction of sp³-hybridized carbons (Fsp3) is 0.300. The number of carbonyl (C=O) groups is 2. The maximum Gasteiger partial charge on any atom is 0.243 e. The van der Waals surface area contributed by atoms with E-state index in [0.29, 0.717) is 13.0 Å². The van der Waals surface area contributed by atoms with Crippen molar-refractivity contribution in [1.29, 1.82) is 0 Å². The minimum Gasteiger partial charge on any atom is -0.333 e. The lowest BCUT2D eigenvalue weighted by Crippen LogP contribution is -2.34. The van der Waals surface area contributed by atoms with Crippen molar-refractivity contribution < 1.29 is 9.59 Å². The van der Waals surface area contributed by atoms with Crippen LogP contribution in [0.25, 0.3) is 0 Å². The highest BCUT2D eigenvalue weighted by Crippen LogP contribution is 2.27. The number of rotatable bonds is 5. The highest BCUT2D eigenvalue weighted by molar-refractivity contribution is 5.95. The number of carbonyl (C=O) groups excluding carboxylic acids is 2. The minimum absolute atomic E-state index is 0.0429. The molecule has 0 aliphatic carbocycles. The van der Waals surface area contributed by atoms with E-state index in [9.17, 15) is 9.59 Å². The number of nitrogens with one attached hydrogen (secondary N) is 1. The first kappa shape index (κ1) is 16.2. The Balaban J connectivity index is 1.59. The van der Waals surface area contributed by atoms with Crippen LogP contribution in [0.4, 0.5) is 5.69 Å². The zero-order valence-electron chi connectivity index (χ0n) is 13.9. The lowest BCUT2D eigenvalue weighted by Gasteiger charge is -2.16. The summed E-state index contributed by atoms with van der Waals surface area (Å²) in [7, 11) is 0. The molecule has 2 amide bonds. The van der Waals surface area contributed by atoms with Gasteiger partial charge >= 0.3 is 0 Å². The average Bonchev–Trinajstić information content (AvgIpc) is 2.96. The van der Waals surface area contributed by atoms with E-state index in [1.54, 1.807) is 4.90 Å². The maximum atomic E-state index is 12.3. The van der Waals surface area contributed by atoms with Crippen molar-refractivity contribution in [3.05, 3.63) is 65.7 Å². The van der Waals surface area contributed by atoms with Crippen LogP contribution in [0.1, 0.15) is 30.4 Å². The monoisotopic (exact) mass is 322 g/mol. The quantitative estimate of drug-likeness (QED) is 0.919. The number of likely N-dealkylation sites (tertiary alicyclic amines) is 1. The Hall–Kier alpha value is -2.62. The van der Waals surface area contributed by atoms with Gasteiger partial charge in [-0.2, -0.15) is 0 Å². The Morgan fingerprint density at radius 2 is 1.96 bits per heavy atom. The van der Waals surface area contributed by atoms with Crippen molar-refractivity contribution in [2.45, 2.75) is 25.7 Å². The first-order valence-corrected chi connectivity index (χ1v) is 8.37. The van der Waals surface area contributed by atoms with Gasteiger partial charge in [0.15, 0.2) is 0 Å². The van der Waals surface area contributed by atoms with Gasteiger partial charge in [0.25, 0.3) is 0 Å². The summed E-state index contributed by atoms with van der Waals surface area (Å²) < 4.78 is 0. The van der Waals surface area contributed by atoms with Gasteiger partial charge in [-0.05, 0) is 29.7 Å². The van der Waals surface area contributed by atoms with Crippen molar-refractivity contribution >= 4 is 17.5 Å². The largest absolute Gasteiger partial charge is 0.333 e. The number of nitrogens with zero attached hydrogens (tertiary/aromatic N) is 1. The molecule has 1 fully saturated rings. The first-order chi connectivity index (χ1) is 11.7. The fourth-order valence-electron chi connectivity index (χ4n) is 3.12. The molecule has 1 heterocycles. The summed E-state index contributed by atoms with van der Waals surface area (Å²) in [5, 5.41) is 2.89. The van der Waals surface area contributed by atoms with Crippen LogP contribution in [0.5, 0.6) is 0 Å². The van der Waals surface area contributed by atoms with Gasteiger partial charge in [-0.15, -0.1) is 0 Å². The lowest BCUT2D eigenvalue weighted by atomic mass is 9.99. The first-order valence-electron chi connectivity index (χ1n) is 8.37. The number of anilines is 1. The van der Waals surface area contributed by atoms with Gasteiger partial charge in [-0.25, -0.2) is 0 Å². The number of hydrogen-bond acceptors (Lipinski definition) is 2. The Morgan fingerprint density at radius 3 is 2.71 bits per heavy atom. The van der Waals surface area contributed by atoms with Gasteiger partial charge in [-0.1, -0.05) is 49.4 Å². The van der Waals surface area contributed by atoms with Crippen molar-refractivity contribution in [2.75, 3.05) is 18.4 Å². The van der Waals surface area contributed by atoms with E-state index in [0.717, 1.165) is 17.7 Å². The van der Waals surface area contributed by atoms with E-state index < -0.39 is 0 Å². The van der Waals surface area contributed by atoms with Crippen LogP contribution in [0, 0.1) is 0 Å². The summed E-state index contributed by atoms with van der Waals surface area (Å²) in [6.07, 6.45) is 1.40. The van der Waals surface area contributed by atoms with Crippen LogP contribution in [0.15, 0.2) is 54.6 Å². The third-order valence-electron chi connectivity index (χ3n) is 4.44. The van der Waals surface area contributed by atoms with Crippen LogP contribution < -0.4 is 5.32 Å². The second kappa shape index (κ2) is 7.30. The van der Waals surface area contributed by atoms with Crippen LogP contribution >= 0.6 is 0 Å². The Labute approximate surface area is 142 Å². The molecular weight excluding hydrogens is 300 g/mol. The Kier molecular flexibility index (Phi) is 4.94. The molecule has 1 saturated heterocycles. The van der Waals surface area contributed by atoms with Gasteiger partial charge in [0.2, 0.25) is 11.8 Å². The SMILES string of the molecule is CCc1cccc(NC(=O)CN2CC(c3ccccc3)CC2=O)c1. The normalized spacial score (nSPS) is 17.1. The van der Waals surface area contributed by atoms with E-state index >= 15 is 0 Å². The van der Waals surface area contributed by atoms with E-state index in [2.05, 4.69) is 12.2 Å². The van der Waals surface area contributed by atoms with Gasteiger partial charge in [0.05, 0.1) is 6.54 Å². The zero-order valence-corrected chi connectivity index (χ0v) is 13.9. The van der Waals surface area contributed by atoms with Crippen LogP contribution in [-0.4, -0.2) is 29.8 Å². The summed E-state index contributed by atoms with van der Waals surface area (Å²) >= 11 is 0. The molecule has 0 saturated carbocycles. The molecule has 124 valence electrons. The smallest absolute Gasteiger partial charge is 0.243 e. The maximum absolute atomic E-state index is 12.3. The predicted molar refractivity (Wildman–Crippen MR) is 94.8 cm³/mol. The third kappa shape index (κ3) is 3.82. The highest BCUT2D eigenvalue weighted by Gasteiger charge is 2.31. The summed E-state index contributed by atoms with van der Waals surface area (Å²) in [6, 6.07) is 17.8. The lowest BCUT2D eigenvalue weighted by molar-refractivity contribution is -0.131. The third-order valence-corrected chi connectivity index (χ3v) is 4.44. The number of aryl methyl sites for hydroxylation is 1. The predicted octanol–water partition coefficient (Wildman–Crippen LogP) is 3.20. The molecule has 2 aromatic rings. The molecule has 1 aliphatic rings. The number of hydrogen-bond donors (Lipinski definition) is 1. The van der Waals surface area contributed by atoms with Crippen LogP contribution in [0.2, 0.25) is 0 Å². The fourth-order valence-corrected chi connectivity index (χ4v) is 3.12. The van der Waals surface area contributed by atoms with E-state index in [-0.39, 0.29) is 24.3 Å². The van der Waals surface area contributed by atoms with Gasteiger partial charge in [0.1, 0.15) is 0 Å². The van der Waals surface area contributed by atoms with Crippen molar-refractivity contribution in [1.82, 2.24) is 4.90 Å². The molecule has 24 heavy (non-hydrogen) atoms. The molecule has 1 N–H and O–H groups in total. The molecule has 1 atom stereocenters.